The molecule has 0 bridgehead atoms. The third kappa shape index (κ3) is 9.58. The van der Waals surface area contributed by atoms with Gasteiger partial charge in [0, 0.05) is 17.4 Å². The second-order valence-electron chi connectivity index (χ2n) is 8.31. The Labute approximate surface area is 197 Å². The summed E-state index contributed by atoms with van der Waals surface area (Å²) >= 11 is 0. The number of unbranched alkanes of at least 4 members (excludes halogenated alkanes) is 1. The van der Waals surface area contributed by atoms with Crippen LogP contribution in [0.15, 0.2) is 0 Å². The number of epoxide rings is 1. The van der Waals surface area contributed by atoms with E-state index in [0.29, 0.717) is 18.1 Å². The van der Waals surface area contributed by atoms with Crippen LogP contribution in [0.2, 0.25) is 0 Å². The van der Waals surface area contributed by atoms with Crippen molar-refractivity contribution in [3.8, 4) is 0 Å². The molecule has 11 heteroatoms. The van der Waals surface area contributed by atoms with E-state index in [9.17, 15) is 19.2 Å². The lowest BCUT2D eigenvalue weighted by atomic mass is 10.0. The molecule has 2 aliphatic rings. The standard InChI is InChI=1S/C21H35N3O6S2/c1-4-29-21(28)18-17(30-18)20(27)24-15(11-13(2)3)19(26)23-12-22-16(25)8-6-5-7-14-9-10-31-32-14/h13-15,17-18H,4-12H2,1-3H3,(H,22,25)(H,23,26)(H,24,27)/t14?,15-,17-,18-/m0/s1. The van der Waals surface area contributed by atoms with E-state index in [4.69, 9.17) is 9.47 Å². The quantitative estimate of drug-likeness (QED) is 0.111. The van der Waals surface area contributed by atoms with E-state index in [1.54, 1.807) is 6.92 Å². The zero-order chi connectivity index (χ0) is 23.5. The van der Waals surface area contributed by atoms with Crippen molar-refractivity contribution in [1.82, 2.24) is 16.0 Å². The molecule has 3 N–H and O–H groups in total. The van der Waals surface area contributed by atoms with E-state index in [0.717, 1.165) is 19.3 Å². The second kappa shape index (κ2) is 13.9. The van der Waals surface area contributed by atoms with Crippen LogP contribution in [-0.4, -0.2) is 66.2 Å². The Morgan fingerprint density at radius 2 is 1.91 bits per heavy atom. The molecule has 9 nitrogen and oxygen atoms in total. The van der Waals surface area contributed by atoms with Gasteiger partial charge in [0.05, 0.1) is 13.3 Å². The maximum absolute atomic E-state index is 12.6. The van der Waals surface area contributed by atoms with Gasteiger partial charge in [-0.2, -0.15) is 0 Å². The molecule has 182 valence electrons. The highest BCUT2D eigenvalue weighted by atomic mass is 33.1. The molecular formula is C21H35N3O6S2. The van der Waals surface area contributed by atoms with E-state index in [2.05, 4.69) is 16.0 Å². The first-order valence-electron chi connectivity index (χ1n) is 11.3. The number of carbonyl (C=O) groups is 4. The molecule has 0 spiro atoms. The van der Waals surface area contributed by atoms with Crippen molar-refractivity contribution in [1.29, 1.82) is 0 Å². The molecule has 0 aliphatic carbocycles. The second-order valence-corrected chi connectivity index (χ2v) is 11.1. The molecule has 2 fully saturated rings. The summed E-state index contributed by atoms with van der Waals surface area (Å²) < 4.78 is 9.93. The van der Waals surface area contributed by atoms with Gasteiger partial charge >= 0.3 is 5.97 Å². The minimum absolute atomic E-state index is 0.00261. The number of amides is 3. The number of nitrogens with one attached hydrogen (secondary N) is 3. The topological polar surface area (TPSA) is 126 Å². The number of rotatable bonds is 14. The number of ether oxygens (including phenoxy) is 2. The first-order chi connectivity index (χ1) is 15.3. The molecule has 4 atom stereocenters. The highest BCUT2D eigenvalue weighted by Gasteiger charge is 2.52. The van der Waals surface area contributed by atoms with E-state index in [-0.39, 0.29) is 25.1 Å². The summed E-state index contributed by atoms with van der Waals surface area (Å²) in [5.74, 6) is -0.234. The van der Waals surface area contributed by atoms with Crippen LogP contribution in [0.1, 0.15) is 59.3 Å². The lowest BCUT2D eigenvalue weighted by molar-refractivity contribution is -0.144. The Morgan fingerprint density at radius 3 is 2.56 bits per heavy atom. The SMILES string of the molecule is CCOC(=O)[C@H]1O[C@@H]1C(=O)N[C@@H](CC(C)C)C(=O)NCNC(=O)CCCCC1CCSS1. The minimum atomic E-state index is -0.933. The van der Waals surface area contributed by atoms with Gasteiger partial charge in [0.1, 0.15) is 6.04 Å². The van der Waals surface area contributed by atoms with E-state index in [1.807, 2.05) is 35.4 Å². The van der Waals surface area contributed by atoms with Gasteiger partial charge in [0.25, 0.3) is 5.91 Å². The predicted octanol–water partition coefficient (Wildman–Crippen LogP) is 1.75. The fourth-order valence-electron chi connectivity index (χ4n) is 3.34. The van der Waals surface area contributed by atoms with Crippen LogP contribution in [0.5, 0.6) is 0 Å². The summed E-state index contributed by atoms with van der Waals surface area (Å²) in [6.07, 6.45) is 3.24. The van der Waals surface area contributed by atoms with Crippen molar-refractivity contribution >= 4 is 45.3 Å². The van der Waals surface area contributed by atoms with Crippen molar-refractivity contribution < 1.29 is 28.7 Å². The van der Waals surface area contributed by atoms with Gasteiger partial charge in [-0.15, -0.1) is 0 Å². The summed E-state index contributed by atoms with van der Waals surface area (Å²) in [6.45, 7) is 5.75. The largest absolute Gasteiger partial charge is 0.464 e. The first-order valence-corrected chi connectivity index (χ1v) is 13.6. The third-order valence-electron chi connectivity index (χ3n) is 5.06. The lowest BCUT2D eigenvalue weighted by Gasteiger charge is -2.20. The average molecular weight is 490 g/mol. The lowest BCUT2D eigenvalue weighted by Crippen LogP contribution is -2.51. The molecule has 2 heterocycles. The fraction of sp³-hybridized carbons (Fsp3) is 0.810. The van der Waals surface area contributed by atoms with Crippen LogP contribution in [-0.2, 0) is 28.7 Å². The van der Waals surface area contributed by atoms with Crippen LogP contribution in [0.25, 0.3) is 0 Å². The minimum Gasteiger partial charge on any atom is -0.464 e. The fourth-order valence-corrected chi connectivity index (χ4v) is 6.36. The molecule has 0 aromatic rings. The average Bonchev–Trinajstić information content (AvgIpc) is 3.38. The molecular weight excluding hydrogens is 454 g/mol. The van der Waals surface area contributed by atoms with Gasteiger partial charge < -0.3 is 25.4 Å². The molecule has 0 saturated carbocycles. The highest BCUT2D eigenvalue weighted by Crippen LogP contribution is 2.39. The molecule has 1 unspecified atom stereocenters. The molecule has 0 aromatic heterocycles. The van der Waals surface area contributed by atoms with Gasteiger partial charge in [-0.3, -0.25) is 14.4 Å². The van der Waals surface area contributed by atoms with Crippen LogP contribution >= 0.6 is 21.6 Å². The summed E-state index contributed by atoms with van der Waals surface area (Å²) in [7, 11) is 3.87. The van der Waals surface area contributed by atoms with Crippen LogP contribution in [0.4, 0.5) is 0 Å². The van der Waals surface area contributed by atoms with E-state index < -0.39 is 36.0 Å². The zero-order valence-electron chi connectivity index (χ0n) is 19.0. The molecule has 2 saturated heterocycles. The normalized spacial score (nSPS) is 22.8. The molecule has 0 aromatic carbocycles. The van der Waals surface area contributed by atoms with Crippen molar-refractivity contribution in [2.75, 3.05) is 19.0 Å². The first kappa shape index (κ1) is 26.8. The Balaban J connectivity index is 1.66. The summed E-state index contributed by atoms with van der Waals surface area (Å²) in [5.41, 5.74) is 0. The maximum Gasteiger partial charge on any atom is 0.338 e. The summed E-state index contributed by atoms with van der Waals surface area (Å²) in [4.78, 5) is 48.5. The number of carbonyl (C=O) groups excluding carboxylic acids is 4. The summed E-state index contributed by atoms with van der Waals surface area (Å²) in [5, 5.41) is 8.70. The smallest absolute Gasteiger partial charge is 0.338 e. The maximum atomic E-state index is 12.6. The van der Waals surface area contributed by atoms with Gasteiger partial charge in [0.2, 0.25) is 11.8 Å². The van der Waals surface area contributed by atoms with Crippen LogP contribution in [0.3, 0.4) is 0 Å². The number of esters is 1. The Kier molecular flexibility index (Phi) is 11.7. The van der Waals surface area contributed by atoms with Gasteiger partial charge in [0.15, 0.2) is 12.2 Å². The Hall–Kier alpha value is -1.46. The van der Waals surface area contributed by atoms with Gasteiger partial charge in [-0.1, -0.05) is 41.9 Å². The zero-order valence-corrected chi connectivity index (χ0v) is 20.6. The highest BCUT2D eigenvalue weighted by molar-refractivity contribution is 8.77. The van der Waals surface area contributed by atoms with Crippen molar-refractivity contribution in [2.45, 2.75) is 82.8 Å². The number of hydrogen-bond donors (Lipinski definition) is 3. The molecule has 32 heavy (non-hydrogen) atoms. The predicted molar refractivity (Wildman–Crippen MR) is 125 cm³/mol. The molecule has 0 radical (unpaired) electrons. The molecule has 2 rings (SSSR count). The number of hydrogen-bond acceptors (Lipinski definition) is 8. The molecule has 2 aliphatic heterocycles. The van der Waals surface area contributed by atoms with Gasteiger partial charge in [-0.05, 0) is 38.5 Å². The monoisotopic (exact) mass is 489 g/mol. The van der Waals surface area contributed by atoms with E-state index >= 15 is 0 Å². The Morgan fingerprint density at radius 1 is 1.12 bits per heavy atom. The van der Waals surface area contributed by atoms with Crippen molar-refractivity contribution in [3.05, 3.63) is 0 Å². The van der Waals surface area contributed by atoms with Crippen molar-refractivity contribution in [2.24, 2.45) is 5.92 Å². The van der Waals surface area contributed by atoms with E-state index in [1.165, 1.54) is 12.2 Å². The molecule has 3 amide bonds. The van der Waals surface area contributed by atoms with Crippen molar-refractivity contribution in [3.63, 3.8) is 0 Å². The Bertz CT molecular complexity index is 657. The summed E-state index contributed by atoms with van der Waals surface area (Å²) in [6, 6.07) is -0.784. The van der Waals surface area contributed by atoms with Gasteiger partial charge in [-0.25, -0.2) is 4.79 Å². The van der Waals surface area contributed by atoms with Crippen LogP contribution in [0, 0.1) is 5.92 Å². The van der Waals surface area contributed by atoms with Crippen LogP contribution < -0.4 is 16.0 Å². The third-order valence-corrected chi connectivity index (χ3v) is 8.07.